The molecular weight excluding hydrogens is 216 g/mol. The van der Waals surface area contributed by atoms with Crippen LogP contribution in [0, 0.1) is 11.3 Å². The van der Waals surface area contributed by atoms with Crippen LogP contribution in [0.5, 0.6) is 0 Å². The van der Waals surface area contributed by atoms with Crippen molar-refractivity contribution in [2.45, 2.75) is 47.1 Å². The van der Waals surface area contributed by atoms with Crippen molar-refractivity contribution in [3.05, 3.63) is 0 Å². The van der Waals surface area contributed by atoms with E-state index in [9.17, 15) is 9.59 Å². The molecule has 98 valence electrons. The van der Waals surface area contributed by atoms with Crippen LogP contribution in [-0.2, 0) is 9.59 Å². The summed E-state index contributed by atoms with van der Waals surface area (Å²) in [7, 11) is 0. The monoisotopic (exact) mass is 240 g/mol. The third-order valence-electron chi connectivity index (χ3n) is 3.09. The van der Waals surface area contributed by atoms with Crippen molar-refractivity contribution < 1.29 is 9.59 Å². The summed E-state index contributed by atoms with van der Waals surface area (Å²) < 4.78 is 0. The SMILES string of the molecule is CC(C)N1CC(CNC(=O)C(C)(C)C)CC1=O. The largest absolute Gasteiger partial charge is 0.355 e. The van der Waals surface area contributed by atoms with Crippen LogP contribution in [0.3, 0.4) is 0 Å². The molecule has 1 saturated heterocycles. The molecule has 1 N–H and O–H groups in total. The van der Waals surface area contributed by atoms with E-state index < -0.39 is 0 Å². The predicted molar refractivity (Wildman–Crippen MR) is 67.4 cm³/mol. The first kappa shape index (κ1) is 14.0. The van der Waals surface area contributed by atoms with Crippen LogP contribution in [0.15, 0.2) is 0 Å². The van der Waals surface area contributed by atoms with Gasteiger partial charge in [0.25, 0.3) is 0 Å². The van der Waals surface area contributed by atoms with Gasteiger partial charge >= 0.3 is 0 Å². The van der Waals surface area contributed by atoms with Crippen molar-refractivity contribution >= 4 is 11.8 Å². The molecule has 0 aromatic rings. The summed E-state index contributed by atoms with van der Waals surface area (Å²) in [5, 5.41) is 2.93. The zero-order valence-electron chi connectivity index (χ0n) is 11.5. The highest BCUT2D eigenvalue weighted by atomic mass is 16.2. The summed E-state index contributed by atoms with van der Waals surface area (Å²) in [4.78, 5) is 25.3. The van der Waals surface area contributed by atoms with Crippen molar-refractivity contribution in [3.63, 3.8) is 0 Å². The molecule has 1 atom stereocenters. The molecule has 0 aromatic carbocycles. The first-order valence-corrected chi connectivity index (χ1v) is 6.29. The van der Waals surface area contributed by atoms with Gasteiger partial charge in [-0.3, -0.25) is 9.59 Å². The summed E-state index contributed by atoms with van der Waals surface area (Å²) in [6, 6.07) is 0.255. The highest BCUT2D eigenvalue weighted by Gasteiger charge is 2.31. The molecule has 1 rings (SSSR count). The van der Waals surface area contributed by atoms with E-state index in [1.807, 2.05) is 39.5 Å². The lowest BCUT2D eigenvalue weighted by Crippen LogP contribution is -2.38. The number of rotatable bonds is 3. The van der Waals surface area contributed by atoms with E-state index in [2.05, 4.69) is 5.32 Å². The van der Waals surface area contributed by atoms with Gasteiger partial charge in [0.05, 0.1) is 0 Å². The number of carbonyl (C=O) groups is 2. The van der Waals surface area contributed by atoms with E-state index >= 15 is 0 Å². The maximum Gasteiger partial charge on any atom is 0.225 e. The van der Waals surface area contributed by atoms with Gasteiger partial charge in [-0.05, 0) is 13.8 Å². The number of hydrogen-bond acceptors (Lipinski definition) is 2. The first-order chi connectivity index (χ1) is 7.71. The summed E-state index contributed by atoms with van der Waals surface area (Å²) in [6.45, 7) is 11.1. The molecule has 4 heteroatoms. The van der Waals surface area contributed by atoms with E-state index in [0.717, 1.165) is 6.54 Å². The molecular formula is C13H24N2O2. The summed E-state index contributed by atoms with van der Waals surface area (Å²) in [5.41, 5.74) is -0.361. The second-order valence-corrected chi connectivity index (χ2v) is 6.17. The Bertz CT molecular complexity index is 305. The predicted octanol–water partition coefficient (Wildman–Crippen LogP) is 1.41. The van der Waals surface area contributed by atoms with E-state index in [-0.39, 0.29) is 29.2 Å². The van der Waals surface area contributed by atoms with Crippen LogP contribution in [-0.4, -0.2) is 35.8 Å². The van der Waals surface area contributed by atoms with Crippen molar-refractivity contribution in [1.29, 1.82) is 0 Å². The number of hydrogen-bond donors (Lipinski definition) is 1. The van der Waals surface area contributed by atoms with Gasteiger partial charge in [-0.1, -0.05) is 20.8 Å². The second kappa shape index (κ2) is 5.07. The fraction of sp³-hybridized carbons (Fsp3) is 0.846. The first-order valence-electron chi connectivity index (χ1n) is 6.29. The Morgan fingerprint density at radius 3 is 2.47 bits per heavy atom. The Hall–Kier alpha value is -1.06. The topological polar surface area (TPSA) is 49.4 Å². The maximum atomic E-state index is 11.7. The minimum absolute atomic E-state index is 0.0490. The van der Waals surface area contributed by atoms with Crippen molar-refractivity contribution in [3.8, 4) is 0 Å². The Balaban J connectivity index is 2.41. The highest BCUT2D eigenvalue weighted by molar-refractivity contribution is 5.82. The van der Waals surface area contributed by atoms with E-state index in [0.29, 0.717) is 13.0 Å². The van der Waals surface area contributed by atoms with Gasteiger partial charge in [-0.2, -0.15) is 0 Å². The lowest BCUT2D eigenvalue weighted by atomic mass is 9.95. The molecule has 0 spiro atoms. The molecule has 0 radical (unpaired) electrons. The van der Waals surface area contributed by atoms with Gasteiger partial charge in [-0.15, -0.1) is 0 Å². The zero-order valence-corrected chi connectivity index (χ0v) is 11.5. The normalized spacial score (nSPS) is 21.2. The summed E-state index contributed by atoms with van der Waals surface area (Å²) in [5.74, 6) is 0.513. The van der Waals surface area contributed by atoms with Crippen LogP contribution >= 0.6 is 0 Å². The minimum atomic E-state index is -0.361. The minimum Gasteiger partial charge on any atom is -0.355 e. The molecule has 1 unspecified atom stereocenters. The molecule has 1 fully saturated rings. The fourth-order valence-electron chi connectivity index (χ4n) is 1.95. The number of carbonyl (C=O) groups excluding carboxylic acids is 2. The summed E-state index contributed by atoms with van der Waals surface area (Å²) in [6.07, 6.45) is 0.558. The van der Waals surface area contributed by atoms with E-state index in [1.54, 1.807) is 0 Å². The quantitative estimate of drug-likeness (QED) is 0.810. The van der Waals surface area contributed by atoms with Gasteiger partial charge in [0, 0.05) is 36.9 Å². The van der Waals surface area contributed by atoms with Crippen LogP contribution in [0.25, 0.3) is 0 Å². The standard InChI is InChI=1S/C13H24N2O2/c1-9(2)15-8-10(6-11(15)16)7-14-12(17)13(3,4)5/h9-10H,6-8H2,1-5H3,(H,14,17). The molecule has 2 amide bonds. The Morgan fingerprint density at radius 2 is 2.06 bits per heavy atom. The van der Waals surface area contributed by atoms with Gasteiger partial charge in [-0.25, -0.2) is 0 Å². The number of nitrogens with one attached hydrogen (secondary N) is 1. The second-order valence-electron chi connectivity index (χ2n) is 6.17. The Labute approximate surface area is 104 Å². The van der Waals surface area contributed by atoms with Crippen LogP contribution in [0.2, 0.25) is 0 Å². The maximum absolute atomic E-state index is 11.7. The highest BCUT2D eigenvalue weighted by Crippen LogP contribution is 2.20. The molecule has 1 heterocycles. The number of amides is 2. The lowest BCUT2D eigenvalue weighted by molar-refractivity contribution is -0.130. The van der Waals surface area contributed by atoms with Gasteiger partial charge in [0.15, 0.2) is 0 Å². The molecule has 0 saturated carbocycles. The van der Waals surface area contributed by atoms with Gasteiger partial charge < -0.3 is 10.2 Å². The number of nitrogens with zero attached hydrogens (tertiary/aromatic N) is 1. The molecule has 0 aromatic heterocycles. The summed E-state index contributed by atoms with van der Waals surface area (Å²) >= 11 is 0. The van der Waals surface area contributed by atoms with Crippen LogP contribution in [0.1, 0.15) is 41.0 Å². The lowest BCUT2D eigenvalue weighted by Gasteiger charge is -2.22. The third-order valence-corrected chi connectivity index (χ3v) is 3.09. The third kappa shape index (κ3) is 3.72. The smallest absolute Gasteiger partial charge is 0.225 e. The van der Waals surface area contributed by atoms with Crippen molar-refractivity contribution in [2.24, 2.45) is 11.3 Å². The molecule has 0 aliphatic carbocycles. The molecule has 4 nitrogen and oxygen atoms in total. The zero-order chi connectivity index (χ0) is 13.2. The molecule has 0 bridgehead atoms. The van der Waals surface area contributed by atoms with E-state index in [4.69, 9.17) is 0 Å². The Kier molecular flexibility index (Phi) is 4.17. The average molecular weight is 240 g/mol. The van der Waals surface area contributed by atoms with Crippen LogP contribution in [0.4, 0.5) is 0 Å². The van der Waals surface area contributed by atoms with Crippen molar-refractivity contribution in [1.82, 2.24) is 10.2 Å². The van der Waals surface area contributed by atoms with Crippen molar-refractivity contribution in [2.75, 3.05) is 13.1 Å². The molecule has 1 aliphatic rings. The molecule has 1 aliphatic heterocycles. The van der Waals surface area contributed by atoms with Crippen LogP contribution < -0.4 is 5.32 Å². The van der Waals surface area contributed by atoms with Gasteiger partial charge in [0.2, 0.25) is 11.8 Å². The molecule has 17 heavy (non-hydrogen) atoms. The Morgan fingerprint density at radius 1 is 1.47 bits per heavy atom. The fourth-order valence-corrected chi connectivity index (χ4v) is 1.95. The number of likely N-dealkylation sites (tertiary alicyclic amines) is 1. The average Bonchev–Trinajstić information content (AvgIpc) is 2.54. The van der Waals surface area contributed by atoms with E-state index in [1.165, 1.54) is 0 Å². The van der Waals surface area contributed by atoms with Gasteiger partial charge in [0.1, 0.15) is 0 Å².